The van der Waals surface area contributed by atoms with Crippen LogP contribution in [0.3, 0.4) is 0 Å². The summed E-state index contributed by atoms with van der Waals surface area (Å²) in [6.45, 7) is 0.563. The van der Waals surface area contributed by atoms with E-state index in [-0.39, 0.29) is 5.56 Å². The number of nitrogens with two attached hydrogens (primary N) is 1. The molecule has 2 rings (SSSR count). The van der Waals surface area contributed by atoms with Crippen molar-refractivity contribution in [3.8, 4) is 0 Å². The number of nitrogens with one attached hydrogen (secondary N) is 1. The molecule has 0 saturated carbocycles. The molecule has 0 saturated heterocycles. The maximum atomic E-state index is 12.8. The van der Waals surface area contributed by atoms with E-state index in [1.165, 1.54) is 17.4 Å². The number of nitrogens with zero attached hydrogens (tertiary/aromatic N) is 1. The number of alkyl halides is 2. The summed E-state index contributed by atoms with van der Waals surface area (Å²) in [4.78, 5) is 4.13. The number of hydrogen-bond donors (Lipinski definition) is 2. The van der Waals surface area contributed by atoms with Gasteiger partial charge in [-0.2, -0.15) is 0 Å². The van der Waals surface area contributed by atoms with Crippen molar-refractivity contribution in [2.75, 3.05) is 17.6 Å². The average molecular weight is 269 g/mol. The fourth-order valence-corrected chi connectivity index (χ4v) is 2.20. The number of hydrogen-bond acceptors (Lipinski definition) is 4. The van der Waals surface area contributed by atoms with Gasteiger partial charge in [0, 0.05) is 35.3 Å². The molecule has 3 N–H and O–H groups in total. The van der Waals surface area contributed by atoms with E-state index in [2.05, 4.69) is 10.3 Å². The van der Waals surface area contributed by atoms with Gasteiger partial charge in [-0.1, -0.05) is 0 Å². The second-order valence-electron chi connectivity index (χ2n) is 3.80. The highest BCUT2D eigenvalue weighted by atomic mass is 32.1. The van der Waals surface area contributed by atoms with Gasteiger partial charge in [0.25, 0.3) is 6.43 Å². The largest absolute Gasteiger partial charge is 0.399 e. The first kappa shape index (κ1) is 12.8. The van der Waals surface area contributed by atoms with E-state index in [1.54, 1.807) is 17.6 Å². The number of anilines is 2. The summed E-state index contributed by atoms with van der Waals surface area (Å²) in [7, 11) is 0. The Morgan fingerprint density at radius 3 is 2.89 bits per heavy atom. The van der Waals surface area contributed by atoms with E-state index in [0.29, 0.717) is 24.3 Å². The second-order valence-corrected chi connectivity index (χ2v) is 4.52. The fraction of sp³-hybridized carbons (Fsp3) is 0.250. The maximum absolute atomic E-state index is 12.8. The first-order valence-corrected chi connectivity index (χ1v) is 6.39. The van der Waals surface area contributed by atoms with Crippen LogP contribution in [-0.4, -0.2) is 11.5 Å². The molecule has 6 heteroatoms. The molecule has 0 unspecified atom stereocenters. The van der Waals surface area contributed by atoms with Gasteiger partial charge in [-0.05, 0) is 18.2 Å². The Balaban J connectivity index is 2.00. The molecule has 0 spiro atoms. The van der Waals surface area contributed by atoms with E-state index < -0.39 is 6.43 Å². The Kier molecular flexibility index (Phi) is 4.09. The molecule has 96 valence electrons. The lowest BCUT2D eigenvalue weighted by Gasteiger charge is -2.11. The fourth-order valence-electron chi connectivity index (χ4n) is 1.61. The molecule has 0 radical (unpaired) electrons. The van der Waals surface area contributed by atoms with Gasteiger partial charge in [-0.25, -0.2) is 13.8 Å². The van der Waals surface area contributed by atoms with Crippen LogP contribution in [-0.2, 0) is 6.42 Å². The summed E-state index contributed by atoms with van der Waals surface area (Å²) in [5.41, 5.74) is 8.92. The van der Waals surface area contributed by atoms with Crippen molar-refractivity contribution in [1.29, 1.82) is 0 Å². The SMILES string of the molecule is Nc1ccc(NCCc2cscn2)c(C(F)F)c1. The molecule has 0 atom stereocenters. The molecule has 18 heavy (non-hydrogen) atoms. The maximum Gasteiger partial charge on any atom is 0.265 e. The van der Waals surface area contributed by atoms with Crippen LogP contribution in [0.4, 0.5) is 20.2 Å². The molecule has 1 heterocycles. The lowest BCUT2D eigenvalue weighted by atomic mass is 10.1. The van der Waals surface area contributed by atoms with Crippen LogP contribution >= 0.6 is 11.3 Å². The van der Waals surface area contributed by atoms with Gasteiger partial charge in [0.2, 0.25) is 0 Å². The van der Waals surface area contributed by atoms with Crippen molar-refractivity contribution in [2.24, 2.45) is 0 Å². The van der Waals surface area contributed by atoms with Crippen molar-refractivity contribution in [3.63, 3.8) is 0 Å². The molecule has 0 amide bonds. The Bertz CT molecular complexity index is 500. The minimum Gasteiger partial charge on any atom is -0.399 e. The highest BCUT2D eigenvalue weighted by Crippen LogP contribution is 2.28. The first-order chi connectivity index (χ1) is 8.66. The molecule has 3 nitrogen and oxygen atoms in total. The molecule has 1 aromatic carbocycles. The van der Waals surface area contributed by atoms with Crippen LogP contribution < -0.4 is 11.1 Å². The zero-order valence-corrected chi connectivity index (χ0v) is 10.4. The molecular formula is C12H13F2N3S. The van der Waals surface area contributed by atoms with E-state index in [0.717, 1.165) is 5.69 Å². The van der Waals surface area contributed by atoms with Crippen LogP contribution in [0.25, 0.3) is 0 Å². The van der Waals surface area contributed by atoms with Gasteiger partial charge < -0.3 is 11.1 Å². The standard InChI is InChI=1S/C12H13F2N3S/c13-12(14)10-5-8(15)1-2-11(10)16-4-3-9-6-18-7-17-9/h1-2,5-7,12,16H,3-4,15H2. The molecule has 1 aromatic heterocycles. The Morgan fingerprint density at radius 1 is 1.39 bits per heavy atom. The molecule has 0 aliphatic carbocycles. The van der Waals surface area contributed by atoms with Crippen LogP contribution in [0.5, 0.6) is 0 Å². The summed E-state index contributed by atoms with van der Waals surface area (Å²) < 4.78 is 25.6. The molecule has 0 bridgehead atoms. The third kappa shape index (κ3) is 3.16. The number of rotatable bonds is 5. The number of halogens is 2. The predicted octanol–water partition coefficient (Wildman–Crippen LogP) is 3.32. The molecule has 0 aliphatic rings. The highest BCUT2D eigenvalue weighted by molar-refractivity contribution is 7.07. The molecular weight excluding hydrogens is 256 g/mol. The van der Waals surface area contributed by atoms with Gasteiger partial charge in [0.1, 0.15) is 0 Å². The van der Waals surface area contributed by atoms with Gasteiger partial charge in [0.05, 0.1) is 11.2 Å². The second kappa shape index (κ2) is 5.77. The summed E-state index contributed by atoms with van der Waals surface area (Å²) >= 11 is 1.52. The van der Waals surface area contributed by atoms with E-state index >= 15 is 0 Å². The minimum absolute atomic E-state index is 0.0618. The average Bonchev–Trinajstić information content (AvgIpc) is 2.84. The lowest BCUT2D eigenvalue weighted by Crippen LogP contribution is -2.07. The third-order valence-electron chi connectivity index (χ3n) is 2.49. The van der Waals surface area contributed by atoms with Crippen molar-refractivity contribution in [3.05, 3.63) is 40.3 Å². The van der Waals surface area contributed by atoms with Gasteiger partial charge in [-0.15, -0.1) is 11.3 Å². The van der Waals surface area contributed by atoms with Gasteiger partial charge >= 0.3 is 0 Å². The normalized spacial score (nSPS) is 10.8. The van der Waals surface area contributed by atoms with Gasteiger partial charge in [0.15, 0.2) is 0 Å². The summed E-state index contributed by atoms with van der Waals surface area (Å²) in [6.07, 6.45) is -1.83. The van der Waals surface area contributed by atoms with Crippen molar-refractivity contribution < 1.29 is 8.78 Å². The molecule has 0 fully saturated rings. The van der Waals surface area contributed by atoms with E-state index in [9.17, 15) is 8.78 Å². The summed E-state index contributed by atoms with van der Waals surface area (Å²) in [5, 5.41) is 4.93. The zero-order chi connectivity index (χ0) is 13.0. The lowest BCUT2D eigenvalue weighted by molar-refractivity contribution is 0.152. The quantitative estimate of drug-likeness (QED) is 0.819. The zero-order valence-electron chi connectivity index (χ0n) is 9.57. The number of nitrogen functional groups attached to an aromatic ring is 1. The summed E-state index contributed by atoms with van der Waals surface area (Å²) in [5.74, 6) is 0. The van der Waals surface area contributed by atoms with Crippen LogP contribution in [0.2, 0.25) is 0 Å². The van der Waals surface area contributed by atoms with Gasteiger partial charge in [-0.3, -0.25) is 0 Å². The minimum atomic E-state index is -2.53. The molecule has 2 aromatic rings. The van der Waals surface area contributed by atoms with Crippen LogP contribution in [0.1, 0.15) is 17.7 Å². The van der Waals surface area contributed by atoms with E-state index in [1.807, 2.05) is 5.38 Å². The smallest absolute Gasteiger partial charge is 0.265 e. The number of aromatic nitrogens is 1. The number of benzene rings is 1. The third-order valence-corrected chi connectivity index (χ3v) is 3.13. The van der Waals surface area contributed by atoms with Crippen LogP contribution in [0.15, 0.2) is 29.1 Å². The Labute approximate surface area is 108 Å². The van der Waals surface area contributed by atoms with E-state index in [4.69, 9.17) is 5.73 Å². The number of thiazole rings is 1. The molecule has 0 aliphatic heterocycles. The predicted molar refractivity (Wildman–Crippen MR) is 70.1 cm³/mol. The Morgan fingerprint density at radius 2 is 2.22 bits per heavy atom. The van der Waals surface area contributed by atoms with Crippen LogP contribution in [0, 0.1) is 0 Å². The topological polar surface area (TPSA) is 50.9 Å². The summed E-state index contributed by atoms with van der Waals surface area (Å²) in [6, 6.07) is 4.49. The van der Waals surface area contributed by atoms with Crippen molar-refractivity contribution >= 4 is 22.7 Å². The highest BCUT2D eigenvalue weighted by Gasteiger charge is 2.12. The first-order valence-electron chi connectivity index (χ1n) is 5.45. The van der Waals surface area contributed by atoms with Crippen molar-refractivity contribution in [2.45, 2.75) is 12.8 Å². The Hall–Kier alpha value is -1.69. The monoisotopic (exact) mass is 269 g/mol. The van der Waals surface area contributed by atoms with Crippen molar-refractivity contribution in [1.82, 2.24) is 4.98 Å².